The van der Waals surface area contributed by atoms with Crippen molar-refractivity contribution in [1.29, 1.82) is 0 Å². The Morgan fingerprint density at radius 3 is 2.68 bits per heavy atom. The van der Waals surface area contributed by atoms with E-state index in [1.54, 1.807) is 43.0 Å². The van der Waals surface area contributed by atoms with Crippen molar-refractivity contribution >= 4 is 33.5 Å². The first-order chi connectivity index (χ1) is 20.1. The molecule has 0 radical (unpaired) electrons. The van der Waals surface area contributed by atoms with Crippen LogP contribution in [0.4, 0.5) is 10.1 Å². The highest BCUT2D eigenvalue weighted by Gasteiger charge is 2.19. The smallest absolute Gasteiger partial charge is 0.224 e. The number of anilines is 1. The maximum absolute atomic E-state index is 14.6. The van der Waals surface area contributed by atoms with Crippen molar-refractivity contribution in [2.45, 2.75) is 19.3 Å². The second kappa shape index (κ2) is 10.5. The molecule has 10 heteroatoms. The fourth-order valence-electron chi connectivity index (χ4n) is 5.53. The second-order valence-corrected chi connectivity index (χ2v) is 10.4. The summed E-state index contributed by atoms with van der Waals surface area (Å²) in [6.07, 6.45) is 9.30. The van der Waals surface area contributed by atoms with E-state index < -0.39 is 0 Å². The maximum Gasteiger partial charge on any atom is 0.224 e. The largest absolute Gasteiger partial charge is 0.352 e. The Labute approximate surface area is 234 Å². The molecule has 0 unspecified atom stereocenters. The first-order valence-electron chi connectivity index (χ1n) is 13.7. The van der Waals surface area contributed by atoms with Gasteiger partial charge in [-0.2, -0.15) is 5.10 Å². The summed E-state index contributed by atoms with van der Waals surface area (Å²) in [7, 11) is 0. The van der Waals surface area contributed by atoms with Gasteiger partial charge in [0.15, 0.2) is 0 Å². The number of H-pyrrole nitrogens is 2. The Morgan fingerprint density at radius 1 is 0.951 bits per heavy atom. The fraction of sp³-hybridized carbons (Fsp3) is 0.194. The lowest BCUT2D eigenvalue weighted by Crippen LogP contribution is -2.30. The highest BCUT2D eigenvalue weighted by Crippen LogP contribution is 2.34. The summed E-state index contributed by atoms with van der Waals surface area (Å²) in [5, 5.41) is 14.8. The van der Waals surface area contributed by atoms with E-state index in [1.165, 1.54) is 6.07 Å². The van der Waals surface area contributed by atoms with E-state index in [4.69, 9.17) is 4.98 Å². The zero-order valence-corrected chi connectivity index (χ0v) is 22.1. The number of benzene rings is 1. The van der Waals surface area contributed by atoms with Gasteiger partial charge in [0.1, 0.15) is 17.0 Å². The van der Waals surface area contributed by atoms with Crippen LogP contribution in [0.3, 0.4) is 0 Å². The third-order valence-electron chi connectivity index (χ3n) is 7.62. The first-order valence-corrected chi connectivity index (χ1v) is 13.7. The maximum atomic E-state index is 14.6. The van der Waals surface area contributed by atoms with Crippen LogP contribution in [0.25, 0.3) is 55.7 Å². The third kappa shape index (κ3) is 4.93. The number of rotatable bonds is 6. The van der Waals surface area contributed by atoms with E-state index >= 15 is 0 Å². The SMILES string of the molecule is O=C(CC1CCNCC1)Nc1cncc(-c2ccc3[nH]nc(-c4cc5c(-c6ccccc6F)cncc5[nH]4)c3n2)c1. The molecule has 0 atom stereocenters. The fourth-order valence-corrected chi connectivity index (χ4v) is 5.53. The summed E-state index contributed by atoms with van der Waals surface area (Å²) < 4.78 is 14.6. The third-order valence-corrected chi connectivity index (χ3v) is 7.62. The second-order valence-electron chi connectivity index (χ2n) is 10.4. The first kappa shape index (κ1) is 25.0. The molecule has 0 saturated carbocycles. The number of nitrogens with one attached hydrogen (secondary N) is 4. The lowest BCUT2D eigenvalue weighted by atomic mass is 9.94. The van der Waals surface area contributed by atoms with Gasteiger partial charge in [-0.05, 0) is 62.2 Å². The summed E-state index contributed by atoms with van der Waals surface area (Å²) in [6.45, 7) is 1.92. The Hall–Kier alpha value is -4.96. The summed E-state index contributed by atoms with van der Waals surface area (Å²) >= 11 is 0. The van der Waals surface area contributed by atoms with Gasteiger partial charge in [0.25, 0.3) is 0 Å². The standard InChI is InChI=1S/C31H27FN8O/c32-24-4-2-1-3-21(24)23-16-35-17-28-22(23)13-27(37-28)31-30-26(39-40-31)6-5-25(38-30)19-12-20(15-34-14-19)36-29(41)11-18-7-9-33-10-8-18/h1-6,12-18,33,37H,7-11H2,(H,36,41)(H,39,40). The normalized spacial score (nSPS) is 14.1. The average Bonchev–Trinajstić information content (AvgIpc) is 3.62. The van der Waals surface area contributed by atoms with Crippen molar-refractivity contribution in [3.05, 3.63) is 79.1 Å². The van der Waals surface area contributed by atoms with Crippen molar-refractivity contribution in [3.8, 4) is 33.8 Å². The van der Waals surface area contributed by atoms with Gasteiger partial charge in [-0.3, -0.25) is 19.9 Å². The van der Waals surface area contributed by atoms with Gasteiger partial charge in [-0.25, -0.2) is 9.37 Å². The number of carbonyl (C=O) groups is 1. The van der Waals surface area contributed by atoms with Crippen molar-refractivity contribution in [2.24, 2.45) is 5.92 Å². The lowest BCUT2D eigenvalue weighted by molar-refractivity contribution is -0.117. The number of fused-ring (bicyclic) bond motifs is 2. The molecule has 1 amide bonds. The molecular weight excluding hydrogens is 519 g/mol. The van der Waals surface area contributed by atoms with Gasteiger partial charge in [0, 0.05) is 40.9 Å². The molecule has 1 aliphatic rings. The van der Waals surface area contributed by atoms with Crippen LogP contribution in [0, 0.1) is 11.7 Å². The molecule has 1 aromatic carbocycles. The summed E-state index contributed by atoms with van der Waals surface area (Å²) in [4.78, 5) is 29.6. The summed E-state index contributed by atoms with van der Waals surface area (Å²) in [5.74, 6) is 0.0954. The number of halogens is 1. The van der Waals surface area contributed by atoms with Crippen LogP contribution in [0.5, 0.6) is 0 Å². The number of nitrogens with zero attached hydrogens (tertiary/aromatic N) is 4. The van der Waals surface area contributed by atoms with Gasteiger partial charge < -0.3 is 15.6 Å². The molecule has 204 valence electrons. The van der Waals surface area contributed by atoms with Crippen molar-refractivity contribution < 1.29 is 9.18 Å². The quantitative estimate of drug-likeness (QED) is 0.213. The molecule has 7 rings (SSSR count). The van der Waals surface area contributed by atoms with E-state index in [2.05, 4.69) is 35.8 Å². The molecule has 6 heterocycles. The van der Waals surface area contributed by atoms with Crippen molar-refractivity contribution in [2.75, 3.05) is 18.4 Å². The van der Waals surface area contributed by atoms with Crippen LogP contribution in [0.1, 0.15) is 19.3 Å². The van der Waals surface area contributed by atoms with Crippen LogP contribution in [0.15, 0.2) is 73.3 Å². The van der Waals surface area contributed by atoms with Gasteiger partial charge in [-0.15, -0.1) is 0 Å². The Kier molecular flexibility index (Phi) is 6.44. The van der Waals surface area contributed by atoms with Crippen LogP contribution < -0.4 is 10.6 Å². The predicted octanol–water partition coefficient (Wildman–Crippen LogP) is 5.70. The Balaban J connectivity index is 1.20. The molecular formula is C31H27FN8O. The molecule has 6 aromatic rings. The number of amides is 1. The minimum absolute atomic E-state index is 0.000522. The van der Waals surface area contributed by atoms with Crippen LogP contribution in [-0.4, -0.2) is 49.1 Å². The van der Waals surface area contributed by atoms with Crippen molar-refractivity contribution in [1.82, 2.24) is 35.5 Å². The van der Waals surface area contributed by atoms with Crippen molar-refractivity contribution in [3.63, 3.8) is 0 Å². The topological polar surface area (TPSA) is 124 Å². The van der Waals surface area contributed by atoms with E-state index in [0.717, 1.165) is 53.6 Å². The van der Waals surface area contributed by atoms with E-state index in [9.17, 15) is 9.18 Å². The van der Waals surface area contributed by atoms with Crippen LogP contribution >= 0.6 is 0 Å². The number of aromatic nitrogens is 6. The minimum Gasteiger partial charge on any atom is -0.352 e. The molecule has 1 aliphatic heterocycles. The zero-order valence-electron chi connectivity index (χ0n) is 22.1. The molecule has 0 spiro atoms. The highest BCUT2D eigenvalue weighted by molar-refractivity contribution is 6.00. The monoisotopic (exact) mass is 546 g/mol. The molecule has 4 N–H and O–H groups in total. The Bertz CT molecular complexity index is 1890. The van der Waals surface area contributed by atoms with Gasteiger partial charge in [-0.1, -0.05) is 18.2 Å². The van der Waals surface area contributed by atoms with Gasteiger partial charge >= 0.3 is 0 Å². The number of hydrogen-bond donors (Lipinski definition) is 4. The molecule has 0 aliphatic carbocycles. The molecule has 1 fully saturated rings. The van der Waals surface area contributed by atoms with Crippen LogP contribution in [0.2, 0.25) is 0 Å². The number of hydrogen-bond acceptors (Lipinski definition) is 6. The number of carbonyl (C=O) groups excluding carboxylic acids is 1. The minimum atomic E-state index is -0.306. The predicted molar refractivity (Wildman–Crippen MR) is 156 cm³/mol. The zero-order chi connectivity index (χ0) is 27.8. The average molecular weight is 547 g/mol. The molecule has 9 nitrogen and oxygen atoms in total. The molecule has 5 aromatic heterocycles. The van der Waals surface area contributed by atoms with E-state index in [0.29, 0.717) is 46.1 Å². The number of aromatic amines is 2. The van der Waals surface area contributed by atoms with Crippen LogP contribution in [-0.2, 0) is 4.79 Å². The van der Waals surface area contributed by atoms with Gasteiger partial charge in [0.2, 0.25) is 5.91 Å². The summed E-state index contributed by atoms with van der Waals surface area (Å²) in [5.41, 5.74) is 6.89. The van der Waals surface area contributed by atoms with Gasteiger partial charge in [0.05, 0.1) is 40.5 Å². The number of pyridine rings is 3. The van der Waals surface area contributed by atoms with E-state index in [-0.39, 0.29) is 11.7 Å². The highest BCUT2D eigenvalue weighted by atomic mass is 19.1. The lowest BCUT2D eigenvalue weighted by Gasteiger charge is -2.21. The molecule has 1 saturated heterocycles. The number of piperidine rings is 1. The molecule has 0 bridgehead atoms. The van der Waals surface area contributed by atoms with E-state index in [1.807, 2.05) is 24.3 Å². The molecule has 41 heavy (non-hydrogen) atoms. The Morgan fingerprint density at radius 2 is 1.80 bits per heavy atom. The summed E-state index contributed by atoms with van der Waals surface area (Å²) in [6, 6.07) is 14.3.